The zero-order valence-corrected chi connectivity index (χ0v) is 14.8. The molecule has 1 aliphatic heterocycles. The van der Waals surface area contributed by atoms with Gasteiger partial charge < -0.3 is 26.0 Å². The van der Waals surface area contributed by atoms with Crippen molar-refractivity contribution in [3.8, 4) is 0 Å². The van der Waals surface area contributed by atoms with Crippen molar-refractivity contribution in [2.75, 3.05) is 26.0 Å². The third-order valence-electron chi connectivity index (χ3n) is 3.71. The molecule has 1 aliphatic rings. The van der Waals surface area contributed by atoms with Crippen molar-refractivity contribution in [2.45, 2.75) is 31.6 Å². The number of amides is 3. The maximum atomic E-state index is 12.1. The molecule has 1 aromatic carbocycles. The highest BCUT2D eigenvalue weighted by molar-refractivity contribution is 5.89. The summed E-state index contributed by atoms with van der Waals surface area (Å²) in [6.45, 7) is 0.828. The lowest BCUT2D eigenvalue weighted by Gasteiger charge is -2.14. The zero-order chi connectivity index (χ0) is 16.8. The number of nitrogens with one attached hydrogen (secondary N) is 2. The second-order valence-electron chi connectivity index (χ2n) is 5.80. The van der Waals surface area contributed by atoms with Crippen molar-refractivity contribution in [1.29, 1.82) is 0 Å². The van der Waals surface area contributed by atoms with E-state index in [0.717, 1.165) is 12.0 Å². The third-order valence-corrected chi connectivity index (χ3v) is 3.71. The summed E-state index contributed by atoms with van der Waals surface area (Å²) in [6, 6.07) is 7.17. The number of halogens is 1. The molecule has 134 valence electrons. The average Bonchev–Trinajstić information content (AvgIpc) is 3.02. The Balaban J connectivity index is 0.00000288. The fraction of sp³-hybridized carbons (Fsp3) is 0.500. The minimum atomic E-state index is -0.417. The lowest BCUT2D eigenvalue weighted by atomic mass is 10.1. The average molecular weight is 357 g/mol. The van der Waals surface area contributed by atoms with E-state index >= 15 is 0 Å². The number of ether oxygens (including phenoxy) is 1. The monoisotopic (exact) mass is 356 g/mol. The van der Waals surface area contributed by atoms with Crippen LogP contribution in [0.3, 0.4) is 0 Å². The molecule has 1 heterocycles. The molecule has 1 aromatic rings. The minimum absolute atomic E-state index is 0. The number of rotatable bonds is 5. The van der Waals surface area contributed by atoms with Gasteiger partial charge in [-0.05, 0) is 30.5 Å². The predicted molar refractivity (Wildman–Crippen MR) is 95.2 cm³/mol. The summed E-state index contributed by atoms with van der Waals surface area (Å²) in [4.78, 5) is 25.2. The first kappa shape index (κ1) is 20.2. The number of hydrogen-bond acceptors (Lipinski definition) is 4. The molecule has 1 fully saturated rings. The van der Waals surface area contributed by atoms with E-state index in [4.69, 9.17) is 10.5 Å². The molecule has 7 nitrogen and oxygen atoms in total. The van der Waals surface area contributed by atoms with Gasteiger partial charge in [0.15, 0.2) is 0 Å². The summed E-state index contributed by atoms with van der Waals surface area (Å²) < 4.78 is 5.56. The highest BCUT2D eigenvalue weighted by atomic mass is 35.5. The smallest absolute Gasteiger partial charge is 0.321 e. The molecule has 0 aliphatic carbocycles. The molecular formula is C16H25ClN4O3. The Morgan fingerprint density at radius 3 is 2.71 bits per heavy atom. The van der Waals surface area contributed by atoms with Crippen molar-refractivity contribution in [2.24, 2.45) is 5.73 Å². The third kappa shape index (κ3) is 5.67. The Hall–Kier alpha value is -1.83. The van der Waals surface area contributed by atoms with Gasteiger partial charge in [0.05, 0.1) is 6.10 Å². The number of carbonyl (C=O) groups excluding carboxylic acids is 2. The van der Waals surface area contributed by atoms with Crippen LogP contribution < -0.4 is 16.4 Å². The number of urea groups is 1. The number of hydrogen-bond donors (Lipinski definition) is 3. The zero-order valence-electron chi connectivity index (χ0n) is 14.0. The van der Waals surface area contributed by atoms with E-state index in [1.54, 1.807) is 20.2 Å². The molecule has 8 heteroatoms. The number of nitrogens with two attached hydrogens (primary N) is 1. The van der Waals surface area contributed by atoms with Crippen molar-refractivity contribution < 1.29 is 14.3 Å². The number of benzene rings is 1. The highest BCUT2D eigenvalue weighted by Crippen LogP contribution is 2.19. The Bertz CT molecular complexity index is 568. The normalized spacial score (nSPS) is 19.3. The van der Waals surface area contributed by atoms with Gasteiger partial charge in [-0.25, -0.2) is 4.79 Å². The topological polar surface area (TPSA) is 96.7 Å². The van der Waals surface area contributed by atoms with E-state index in [2.05, 4.69) is 10.6 Å². The van der Waals surface area contributed by atoms with E-state index in [9.17, 15) is 9.59 Å². The molecule has 0 aromatic heterocycles. The van der Waals surface area contributed by atoms with Crippen molar-refractivity contribution in [3.63, 3.8) is 0 Å². The maximum Gasteiger partial charge on any atom is 0.321 e. The molecule has 0 spiro atoms. The molecule has 0 bridgehead atoms. The molecule has 3 amide bonds. The van der Waals surface area contributed by atoms with Crippen LogP contribution in [-0.4, -0.2) is 49.7 Å². The number of carbonyl (C=O) groups is 2. The van der Waals surface area contributed by atoms with Gasteiger partial charge in [0.2, 0.25) is 5.91 Å². The Morgan fingerprint density at radius 2 is 2.08 bits per heavy atom. The quantitative estimate of drug-likeness (QED) is 0.741. The molecule has 2 atom stereocenters. The largest absolute Gasteiger partial charge is 0.364 e. The van der Waals surface area contributed by atoms with Crippen LogP contribution in [0.2, 0.25) is 0 Å². The molecule has 1 saturated heterocycles. The second kappa shape index (κ2) is 9.46. The summed E-state index contributed by atoms with van der Waals surface area (Å²) in [6.07, 6.45) is 1.09. The van der Waals surface area contributed by atoms with Crippen molar-refractivity contribution in [3.05, 3.63) is 29.8 Å². The molecule has 0 radical (unpaired) electrons. The van der Waals surface area contributed by atoms with E-state index in [-0.39, 0.29) is 30.4 Å². The lowest BCUT2D eigenvalue weighted by molar-refractivity contribution is -0.132. The molecule has 24 heavy (non-hydrogen) atoms. The van der Waals surface area contributed by atoms with Crippen LogP contribution in [0.1, 0.15) is 18.4 Å². The first-order chi connectivity index (χ1) is 11.0. The Labute approximate surface area is 148 Å². The SMILES string of the molecule is CN(C)C(=O)Nc1cccc(CNC(=O)[C@@H]2CC[C@H](CN)O2)c1.Cl. The van der Waals surface area contributed by atoms with Crippen LogP contribution in [0.25, 0.3) is 0 Å². The minimum Gasteiger partial charge on any atom is -0.364 e. The summed E-state index contributed by atoms with van der Waals surface area (Å²) in [5.41, 5.74) is 7.14. The number of nitrogens with zero attached hydrogens (tertiary/aromatic N) is 1. The van der Waals surface area contributed by atoms with Gasteiger partial charge in [0.25, 0.3) is 0 Å². The summed E-state index contributed by atoms with van der Waals surface area (Å²) in [7, 11) is 3.35. The van der Waals surface area contributed by atoms with Gasteiger partial charge in [0.1, 0.15) is 6.10 Å². The maximum absolute atomic E-state index is 12.1. The number of anilines is 1. The molecule has 2 rings (SSSR count). The Morgan fingerprint density at radius 1 is 1.33 bits per heavy atom. The second-order valence-corrected chi connectivity index (χ2v) is 5.80. The standard InChI is InChI=1S/C16H24N4O3.ClH/c1-20(2)16(22)19-12-5-3-4-11(8-12)10-18-15(21)14-7-6-13(9-17)23-14;/h3-5,8,13-14H,6-7,9-10,17H2,1-2H3,(H,18,21)(H,19,22);1H/t13-,14+;/m1./s1. The van der Waals surface area contributed by atoms with Gasteiger partial charge in [-0.2, -0.15) is 0 Å². The van der Waals surface area contributed by atoms with Gasteiger partial charge in [-0.1, -0.05) is 12.1 Å². The molecular weight excluding hydrogens is 332 g/mol. The van der Waals surface area contributed by atoms with Crippen LogP contribution in [0.5, 0.6) is 0 Å². The van der Waals surface area contributed by atoms with Crippen LogP contribution in [0, 0.1) is 0 Å². The van der Waals surface area contributed by atoms with Crippen LogP contribution in [0.4, 0.5) is 10.5 Å². The van der Waals surface area contributed by atoms with E-state index in [0.29, 0.717) is 25.2 Å². The van der Waals surface area contributed by atoms with E-state index in [1.807, 2.05) is 18.2 Å². The predicted octanol–water partition coefficient (Wildman–Crippen LogP) is 1.32. The van der Waals surface area contributed by atoms with Crippen molar-refractivity contribution >= 4 is 30.0 Å². The van der Waals surface area contributed by atoms with Crippen LogP contribution in [0.15, 0.2) is 24.3 Å². The summed E-state index contributed by atoms with van der Waals surface area (Å²) in [5, 5.41) is 5.63. The van der Waals surface area contributed by atoms with Gasteiger partial charge in [-0.3, -0.25) is 4.79 Å². The lowest BCUT2D eigenvalue weighted by Crippen LogP contribution is -2.35. The van der Waals surface area contributed by atoms with E-state index < -0.39 is 6.10 Å². The first-order valence-corrected chi connectivity index (χ1v) is 7.70. The van der Waals surface area contributed by atoms with Crippen LogP contribution >= 0.6 is 12.4 Å². The summed E-state index contributed by atoms with van der Waals surface area (Å²) in [5.74, 6) is -0.122. The molecule has 0 unspecified atom stereocenters. The van der Waals surface area contributed by atoms with Crippen LogP contribution in [-0.2, 0) is 16.1 Å². The fourth-order valence-corrected chi connectivity index (χ4v) is 2.37. The molecule has 0 saturated carbocycles. The first-order valence-electron chi connectivity index (χ1n) is 7.70. The Kier molecular flexibility index (Phi) is 7.97. The highest BCUT2D eigenvalue weighted by Gasteiger charge is 2.29. The summed E-state index contributed by atoms with van der Waals surface area (Å²) >= 11 is 0. The van der Waals surface area contributed by atoms with Gasteiger partial charge >= 0.3 is 6.03 Å². The van der Waals surface area contributed by atoms with Gasteiger partial charge in [-0.15, -0.1) is 12.4 Å². The van der Waals surface area contributed by atoms with Crippen molar-refractivity contribution in [1.82, 2.24) is 10.2 Å². The fourth-order valence-electron chi connectivity index (χ4n) is 2.37. The van der Waals surface area contributed by atoms with E-state index in [1.165, 1.54) is 4.90 Å². The molecule has 4 N–H and O–H groups in total. The van der Waals surface area contributed by atoms with Gasteiger partial charge in [0, 0.05) is 32.9 Å².